The molecule has 0 aliphatic rings. The molecule has 0 unspecified atom stereocenters. The molecule has 0 aliphatic carbocycles. The van der Waals surface area contributed by atoms with E-state index in [9.17, 15) is 0 Å². The fraction of sp³-hybridized carbons (Fsp3) is 0.222. The molecule has 0 fully saturated rings. The topological polar surface area (TPSA) is 17.0 Å². The molecule has 144 valence electrons. The molecule has 0 saturated carbocycles. The van der Waals surface area contributed by atoms with E-state index in [4.69, 9.17) is 4.42 Å². The third-order valence-electron chi connectivity index (χ3n) is 6.11. The highest BCUT2D eigenvalue weighted by Gasteiger charge is 2.22. The summed E-state index contributed by atoms with van der Waals surface area (Å²) in [5.41, 5.74) is 8.26. The second kappa shape index (κ2) is 6.45. The number of furan rings is 1. The molecule has 0 amide bonds. The van der Waals surface area contributed by atoms with Crippen LogP contribution in [0.25, 0.3) is 44.0 Å². The fourth-order valence-corrected chi connectivity index (χ4v) is 4.61. The van der Waals surface area contributed by atoms with Gasteiger partial charge in [0, 0.05) is 22.4 Å². The molecule has 0 atom stereocenters. The molecular weight excluding hydrogens is 354 g/mol. The molecule has 5 aromatic rings. The van der Waals surface area contributed by atoms with Gasteiger partial charge >= 0.3 is 0 Å². The van der Waals surface area contributed by atoms with Crippen LogP contribution in [0.1, 0.15) is 36.5 Å². The van der Waals surface area contributed by atoms with Gasteiger partial charge in [0.2, 0.25) is 5.69 Å². The molecule has 0 bridgehead atoms. The number of pyridine rings is 1. The van der Waals surface area contributed by atoms with Crippen molar-refractivity contribution >= 4 is 32.7 Å². The Morgan fingerprint density at radius 2 is 1.55 bits per heavy atom. The summed E-state index contributed by atoms with van der Waals surface area (Å²) >= 11 is 0. The lowest BCUT2D eigenvalue weighted by Gasteiger charge is -2.12. The van der Waals surface area contributed by atoms with E-state index in [1.807, 2.05) is 0 Å². The van der Waals surface area contributed by atoms with Crippen molar-refractivity contribution in [2.45, 2.75) is 33.6 Å². The first-order valence-corrected chi connectivity index (χ1v) is 10.3. The van der Waals surface area contributed by atoms with Crippen molar-refractivity contribution in [2.24, 2.45) is 7.05 Å². The minimum Gasteiger partial charge on any atom is -0.455 e. The summed E-state index contributed by atoms with van der Waals surface area (Å²) in [6.07, 6.45) is 2.24. The Morgan fingerprint density at radius 3 is 2.28 bits per heavy atom. The summed E-state index contributed by atoms with van der Waals surface area (Å²) < 4.78 is 8.73. The highest BCUT2D eigenvalue weighted by Crippen LogP contribution is 2.39. The zero-order valence-corrected chi connectivity index (χ0v) is 17.7. The molecule has 3 aromatic carbocycles. The van der Waals surface area contributed by atoms with Crippen molar-refractivity contribution in [3.05, 3.63) is 77.5 Å². The molecule has 0 spiro atoms. The van der Waals surface area contributed by atoms with Gasteiger partial charge in [0.05, 0.1) is 5.56 Å². The number of benzene rings is 3. The molecule has 0 aliphatic heterocycles. The van der Waals surface area contributed by atoms with E-state index in [0.29, 0.717) is 5.92 Å². The van der Waals surface area contributed by atoms with E-state index in [0.717, 1.165) is 11.2 Å². The van der Waals surface area contributed by atoms with Gasteiger partial charge in [-0.25, -0.2) is 4.57 Å². The van der Waals surface area contributed by atoms with E-state index in [2.05, 4.69) is 100 Å². The SMILES string of the molecule is Cc1c[n+](C)c(-c2c(C)ccc3c2oc2cc4ccccc4cc23)cc1C(C)C. The number of fused-ring (bicyclic) bond motifs is 4. The molecular formula is C27H26NO+. The standard InChI is InChI=1S/C27H26NO/c1-16(2)22-14-24(28(5)15-18(22)4)26-17(3)10-11-21-23-12-19-8-6-7-9-20(19)13-25(23)29-27(21)26/h6-16H,1-5H3/q+1. The van der Waals surface area contributed by atoms with Gasteiger partial charge in [-0.1, -0.05) is 50.2 Å². The summed E-state index contributed by atoms with van der Waals surface area (Å²) in [6, 6.07) is 19.6. The molecule has 2 heterocycles. The van der Waals surface area contributed by atoms with Crippen molar-refractivity contribution in [3.63, 3.8) is 0 Å². The van der Waals surface area contributed by atoms with E-state index < -0.39 is 0 Å². The van der Waals surface area contributed by atoms with Crippen LogP contribution in [0.15, 0.2) is 65.2 Å². The molecule has 2 heteroatoms. The van der Waals surface area contributed by atoms with Crippen molar-refractivity contribution in [2.75, 3.05) is 0 Å². The number of rotatable bonds is 2. The van der Waals surface area contributed by atoms with Gasteiger partial charge in [-0.2, -0.15) is 0 Å². The first-order chi connectivity index (χ1) is 13.9. The number of aryl methyl sites for hydroxylation is 3. The summed E-state index contributed by atoms with van der Waals surface area (Å²) in [5.74, 6) is 0.482. The maximum atomic E-state index is 6.50. The Morgan fingerprint density at radius 1 is 0.828 bits per heavy atom. The zero-order chi connectivity index (χ0) is 20.3. The van der Waals surface area contributed by atoms with Crippen LogP contribution in [-0.4, -0.2) is 0 Å². The van der Waals surface area contributed by atoms with Crippen LogP contribution in [0, 0.1) is 13.8 Å². The van der Waals surface area contributed by atoms with Crippen molar-refractivity contribution < 1.29 is 8.98 Å². The summed E-state index contributed by atoms with van der Waals surface area (Å²) in [7, 11) is 2.13. The van der Waals surface area contributed by atoms with Gasteiger partial charge in [-0.15, -0.1) is 0 Å². The molecule has 2 aromatic heterocycles. The van der Waals surface area contributed by atoms with Gasteiger partial charge in [0.1, 0.15) is 18.2 Å². The third-order valence-corrected chi connectivity index (χ3v) is 6.11. The van der Waals surface area contributed by atoms with Crippen molar-refractivity contribution in [1.29, 1.82) is 0 Å². The normalized spacial score (nSPS) is 11.9. The Bertz CT molecular complexity index is 1410. The first kappa shape index (κ1) is 17.9. The highest BCUT2D eigenvalue weighted by molar-refractivity contribution is 6.13. The van der Waals surface area contributed by atoms with E-state index in [1.54, 1.807) is 0 Å². The van der Waals surface area contributed by atoms with Crippen LogP contribution in [0.5, 0.6) is 0 Å². The molecule has 2 nitrogen and oxygen atoms in total. The largest absolute Gasteiger partial charge is 0.455 e. The van der Waals surface area contributed by atoms with Crippen LogP contribution in [0.4, 0.5) is 0 Å². The lowest BCUT2D eigenvalue weighted by atomic mass is 9.94. The maximum absolute atomic E-state index is 6.50. The van der Waals surface area contributed by atoms with Crippen LogP contribution in [-0.2, 0) is 7.05 Å². The monoisotopic (exact) mass is 380 g/mol. The Hall–Kier alpha value is -3.13. The minimum atomic E-state index is 0.482. The second-order valence-corrected chi connectivity index (χ2v) is 8.49. The first-order valence-electron chi connectivity index (χ1n) is 10.3. The molecule has 0 N–H and O–H groups in total. The molecule has 0 saturated heterocycles. The van der Waals surface area contributed by atoms with Crippen LogP contribution >= 0.6 is 0 Å². The Kier molecular flexibility index (Phi) is 3.99. The Labute approximate surface area is 171 Å². The summed E-state index contributed by atoms with van der Waals surface area (Å²) in [5, 5.41) is 4.81. The van der Waals surface area contributed by atoms with Gasteiger partial charge in [-0.3, -0.25) is 0 Å². The predicted octanol–water partition coefficient (Wildman–Crippen LogP) is 6.97. The van der Waals surface area contributed by atoms with Gasteiger partial charge in [0.25, 0.3) is 0 Å². The Balaban J connectivity index is 1.88. The second-order valence-electron chi connectivity index (χ2n) is 8.49. The van der Waals surface area contributed by atoms with E-state index in [1.165, 1.54) is 49.5 Å². The van der Waals surface area contributed by atoms with Crippen LogP contribution in [0.3, 0.4) is 0 Å². The molecule has 29 heavy (non-hydrogen) atoms. The lowest BCUT2D eigenvalue weighted by Crippen LogP contribution is -2.32. The average molecular weight is 381 g/mol. The molecule has 0 radical (unpaired) electrons. The third kappa shape index (κ3) is 2.74. The lowest BCUT2D eigenvalue weighted by molar-refractivity contribution is -0.660. The minimum absolute atomic E-state index is 0.482. The number of nitrogens with zero attached hydrogens (tertiary/aromatic N) is 1. The number of aromatic nitrogens is 1. The van der Waals surface area contributed by atoms with Crippen molar-refractivity contribution in [3.8, 4) is 11.3 Å². The van der Waals surface area contributed by atoms with Crippen LogP contribution in [0.2, 0.25) is 0 Å². The van der Waals surface area contributed by atoms with Crippen LogP contribution < -0.4 is 4.57 Å². The molecule has 5 rings (SSSR count). The summed E-state index contributed by atoms with van der Waals surface area (Å²) in [6.45, 7) is 8.88. The van der Waals surface area contributed by atoms with Gasteiger partial charge in [-0.05, 0) is 53.8 Å². The highest BCUT2D eigenvalue weighted by atomic mass is 16.3. The quantitative estimate of drug-likeness (QED) is 0.302. The van der Waals surface area contributed by atoms with E-state index in [-0.39, 0.29) is 0 Å². The average Bonchev–Trinajstić information content (AvgIpc) is 3.04. The smallest absolute Gasteiger partial charge is 0.216 e. The zero-order valence-electron chi connectivity index (χ0n) is 17.7. The number of hydrogen-bond donors (Lipinski definition) is 0. The maximum Gasteiger partial charge on any atom is 0.216 e. The van der Waals surface area contributed by atoms with Gasteiger partial charge in [0.15, 0.2) is 6.20 Å². The van der Waals surface area contributed by atoms with Crippen molar-refractivity contribution in [1.82, 2.24) is 0 Å². The summed E-state index contributed by atoms with van der Waals surface area (Å²) in [4.78, 5) is 0. The van der Waals surface area contributed by atoms with E-state index >= 15 is 0 Å². The fourth-order valence-electron chi connectivity index (χ4n) is 4.61. The number of hydrogen-bond acceptors (Lipinski definition) is 1. The van der Waals surface area contributed by atoms with Gasteiger partial charge < -0.3 is 4.42 Å². The predicted molar refractivity (Wildman–Crippen MR) is 121 cm³/mol.